The third-order valence-electron chi connectivity index (χ3n) is 3.80. The van der Waals surface area contributed by atoms with Gasteiger partial charge in [-0.2, -0.15) is 0 Å². The van der Waals surface area contributed by atoms with E-state index in [0.29, 0.717) is 23.6 Å². The summed E-state index contributed by atoms with van der Waals surface area (Å²) in [7, 11) is 3.12. The Bertz CT molecular complexity index is 729. The van der Waals surface area contributed by atoms with Crippen molar-refractivity contribution in [2.45, 2.75) is 13.0 Å². The van der Waals surface area contributed by atoms with Crippen LogP contribution in [0.2, 0.25) is 0 Å². The lowest BCUT2D eigenvalue weighted by Crippen LogP contribution is -2.42. The van der Waals surface area contributed by atoms with Crippen LogP contribution in [0.5, 0.6) is 17.2 Å². The summed E-state index contributed by atoms with van der Waals surface area (Å²) in [6.45, 7) is 2.45. The van der Waals surface area contributed by atoms with Crippen molar-refractivity contribution in [2.75, 3.05) is 25.7 Å². The fraction of sp³-hybridized carbons (Fsp3) is 0.278. The molecule has 2 aromatic carbocycles. The monoisotopic (exact) mass is 313 g/mol. The van der Waals surface area contributed by atoms with E-state index in [0.717, 1.165) is 11.4 Å². The van der Waals surface area contributed by atoms with E-state index in [1.54, 1.807) is 37.3 Å². The zero-order valence-corrected chi connectivity index (χ0v) is 13.4. The molecular formula is C18H19NO4. The number of anilines is 1. The van der Waals surface area contributed by atoms with Gasteiger partial charge in [0.25, 0.3) is 5.91 Å². The minimum absolute atomic E-state index is 0.0611. The quantitative estimate of drug-likeness (QED) is 0.873. The molecule has 5 nitrogen and oxygen atoms in total. The molecule has 1 unspecified atom stereocenters. The smallest absolute Gasteiger partial charge is 0.258 e. The molecule has 5 heteroatoms. The molecular weight excluding hydrogens is 294 g/mol. The van der Waals surface area contributed by atoms with Crippen LogP contribution < -0.4 is 19.1 Å². The average molecular weight is 313 g/mol. The van der Waals surface area contributed by atoms with Crippen molar-refractivity contribution in [3.63, 3.8) is 0 Å². The van der Waals surface area contributed by atoms with E-state index < -0.39 is 0 Å². The van der Waals surface area contributed by atoms with Gasteiger partial charge in [-0.05, 0) is 37.3 Å². The van der Waals surface area contributed by atoms with Gasteiger partial charge in [-0.25, -0.2) is 0 Å². The summed E-state index contributed by atoms with van der Waals surface area (Å²) in [5, 5.41) is 0. The number of hydrogen-bond donors (Lipinski definition) is 0. The third-order valence-corrected chi connectivity index (χ3v) is 3.80. The van der Waals surface area contributed by atoms with Crippen LogP contribution in [0, 0.1) is 0 Å². The van der Waals surface area contributed by atoms with Crippen molar-refractivity contribution in [3.8, 4) is 17.2 Å². The molecule has 1 atom stereocenters. The molecule has 0 aromatic heterocycles. The Kier molecular flexibility index (Phi) is 4.10. The molecule has 2 aromatic rings. The Labute approximate surface area is 135 Å². The molecule has 3 rings (SSSR count). The van der Waals surface area contributed by atoms with E-state index >= 15 is 0 Å². The minimum Gasteiger partial charge on any atom is -0.493 e. The van der Waals surface area contributed by atoms with E-state index in [-0.39, 0.29) is 12.0 Å². The second-order valence-corrected chi connectivity index (χ2v) is 5.38. The van der Waals surface area contributed by atoms with Gasteiger partial charge in [-0.3, -0.25) is 4.79 Å². The molecule has 1 heterocycles. The number of fused-ring (bicyclic) bond motifs is 1. The summed E-state index contributed by atoms with van der Waals surface area (Å²) in [5.41, 5.74) is 1.33. The van der Waals surface area contributed by atoms with Crippen LogP contribution in [0.3, 0.4) is 0 Å². The molecule has 0 saturated heterocycles. The molecule has 0 bridgehead atoms. The SMILES string of the molecule is COc1ccc(C(=O)N2CC(C)Oc3ccccc32)cc1OC. The van der Waals surface area contributed by atoms with Crippen LogP contribution >= 0.6 is 0 Å². The number of carbonyl (C=O) groups excluding carboxylic acids is 1. The summed E-state index contributed by atoms with van der Waals surface area (Å²) in [6.07, 6.45) is -0.0611. The molecule has 1 aliphatic heterocycles. The number of nitrogens with zero attached hydrogens (tertiary/aromatic N) is 1. The van der Waals surface area contributed by atoms with E-state index in [4.69, 9.17) is 14.2 Å². The average Bonchev–Trinajstić information content (AvgIpc) is 2.59. The Morgan fingerprint density at radius 1 is 1.13 bits per heavy atom. The molecule has 1 aliphatic rings. The van der Waals surface area contributed by atoms with E-state index in [9.17, 15) is 4.79 Å². The van der Waals surface area contributed by atoms with Crippen LogP contribution in [0.25, 0.3) is 0 Å². The highest BCUT2D eigenvalue weighted by Gasteiger charge is 2.28. The first-order chi connectivity index (χ1) is 11.1. The highest BCUT2D eigenvalue weighted by Crippen LogP contribution is 2.35. The second-order valence-electron chi connectivity index (χ2n) is 5.38. The van der Waals surface area contributed by atoms with E-state index in [1.807, 2.05) is 31.2 Å². The lowest BCUT2D eigenvalue weighted by atomic mass is 10.1. The number of methoxy groups -OCH3 is 2. The van der Waals surface area contributed by atoms with Crippen molar-refractivity contribution in [1.29, 1.82) is 0 Å². The fourth-order valence-corrected chi connectivity index (χ4v) is 2.71. The second kappa shape index (κ2) is 6.20. The first kappa shape index (κ1) is 15.2. The van der Waals surface area contributed by atoms with Gasteiger partial charge in [-0.1, -0.05) is 12.1 Å². The standard InChI is InChI=1S/C18H19NO4/c1-12-11-19(14-6-4-5-7-15(14)23-12)18(20)13-8-9-16(21-2)17(10-13)22-3/h4-10,12H,11H2,1-3H3. The van der Waals surface area contributed by atoms with E-state index in [2.05, 4.69) is 0 Å². The Hall–Kier alpha value is -2.69. The third kappa shape index (κ3) is 2.82. The first-order valence-corrected chi connectivity index (χ1v) is 7.43. The molecule has 120 valence electrons. The summed E-state index contributed by atoms with van der Waals surface area (Å²) < 4.78 is 16.3. The molecule has 0 saturated carbocycles. The van der Waals surface area contributed by atoms with Crippen LogP contribution in [-0.4, -0.2) is 32.8 Å². The molecule has 0 aliphatic carbocycles. The van der Waals surface area contributed by atoms with Gasteiger partial charge in [0, 0.05) is 5.56 Å². The predicted octanol–water partition coefficient (Wildman–Crippen LogP) is 3.13. The highest BCUT2D eigenvalue weighted by molar-refractivity contribution is 6.07. The zero-order chi connectivity index (χ0) is 16.4. The summed E-state index contributed by atoms with van der Waals surface area (Å²) in [5.74, 6) is 1.77. The van der Waals surface area contributed by atoms with Gasteiger partial charge in [-0.15, -0.1) is 0 Å². The summed E-state index contributed by atoms with van der Waals surface area (Å²) >= 11 is 0. The molecule has 0 spiro atoms. The Morgan fingerprint density at radius 2 is 1.87 bits per heavy atom. The summed E-state index contributed by atoms with van der Waals surface area (Å²) in [6, 6.07) is 12.7. The van der Waals surface area contributed by atoms with Gasteiger partial charge < -0.3 is 19.1 Å². The van der Waals surface area contributed by atoms with E-state index in [1.165, 1.54) is 0 Å². The molecule has 0 N–H and O–H groups in total. The largest absolute Gasteiger partial charge is 0.493 e. The maximum Gasteiger partial charge on any atom is 0.258 e. The lowest BCUT2D eigenvalue weighted by molar-refractivity contribution is 0.0960. The number of amides is 1. The van der Waals surface area contributed by atoms with Gasteiger partial charge >= 0.3 is 0 Å². The van der Waals surface area contributed by atoms with Crippen LogP contribution in [0.4, 0.5) is 5.69 Å². The molecule has 0 radical (unpaired) electrons. The predicted molar refractivity (Wildman–Crippen MR) is 87.8 cm³/mol. The number of carbonyl (C=O) groups is 1. The van der Waals surface area contributed by atoms with Crippen molar-refractivity contribution in [1.82, 2.24) is 0 Å². The number of hydrogen-bond acceptors (Lipinski definition) is 4. The zero-order valence-electron chi connectivity index (χ0n) is 13.4. The number of benzene rings is 2. The van der Waals surface area contributed by atoms with Crippen LogP contribution in [0.1, 0.15) is 17.3 Å². The van der Waals surface area contributed by atoms with Crippen LogP contribution in [-0.2, 0) is 0 Å². The number of ether oxygens (including phenoxy) is 3. The van der Waals surface area contributed by atoms with Crippen LogP contribution in [0.15, 0.2) is 42.5 Å². The summed E-state index contributed by atoms with van der Waals surface area (Å²) in [4.78, 5) is 14.7. The van der Waals surface area contributed by atoms with Crippen molar-refractivity contribution in [2.24, 2.45) is 0 Å². The number of para-hydroxylation sites is 2. The molecule has 1 amide bonds. The van der Waals surface area contributed by atoms with Crippen molar-refractivity contribution in [3.05, 3.63) is 48.0 Å². The van der Waals surface area contributed by atoms with Gasteiger partial charge in [0.05, 0.1) is 26.5 Å². The molecule has 23 heavy (non-hydrogen) atoms. The minimum atomic E-state index is -0.0893. The molecule has 0 fully saturated rings. The van der Waals surface area contributed by atoms with Gasteiger partial charge in [0.1, 0.15) is 11.9 Å². The topological polar surface area (TPSA) is 48.0 Å². The highest BCUT2D eigenvalue weighted by atomic mass is 16.5. The van der Waals surface area contributed by atoms with Gasteiger partial charge in [0.2, 0.25) is 0 Å². The van der Waals surface area contributed by atoms with Gasteiger partial charge in [0.15, 0.2) is 11.5 Å². The Balaban J connectivity index is 1.97. The fourth-order valence-electron chi connectivity index (χ4n) is 2.71. The lowest BCUT2D eigenvalue weighted by Gasteiger charge is -2.33. The number of rotatable bonds is 3. The van der Waals surface area contributed by atoms with Crippen molar-refractivity contribution >= 4 is 11.6 Å². The normalized spacial score (nSPS) is 16.3. The first-order valence-electron chi connectivity index (χ1n) is 7.43. The van der Waals surface area contributed by atoms with Crippen molar-refractivity contribution < 1.29 is 19.0 Å². The maximum atomic E-state index is 12.9. The maximum absolute atomic E-state index is 12.9. The Morgan fingerprint density at radius 3 is 2.61 bits per heavy atom.